The summed E-state index contributed by atoms with van der Waals surface area (Å²) in [4.78, 5) is 0. The van der Waals surface area contributed by atoms with Crippen molar-refractivity contribution in [3.8, 4) is 0 Å². The number of hydrogen-bond acceptors (Lipinski definition) is 2. The van der Waals surface area contributed by atoms with Gasteiger partial charge in [-0.2, -0.15) is 0 Å². The van der Waals surface area contributed by atoms with Crippen LogP contribution in [0.5, 0.6) is 0 Å². The van der Waals surface area contributed by atoms with Gasteiger partial charge in [-0.3, -0.25) is 0 Å². The van der Waals surface area contributed by atoms with E-state index in [0.29, 0.717) is 0 Å². The zero-order chi connectivity index (χ0) is 5.70. The van der Waals surface area contributed by atoms with E-state index in [1.165, 1.54) is 0 Å². The fourth-order valence-electron chi connectivity index (χ4n) is 0.260. The van der Waals surface area contributed by atoms with E-state index in [0.717, 1.165) is 6.42 Å². The van der Waals surface area contributed by atoms with Crippen molar-refractivity contribution in [3.63, 3.8) is 0 Å². The van der Waals surface area contributed by atoms with Crippen LogP contribution in [0.4, 0.5) is 0 Å². The zero-order valence-corrected chi connectivity index (χ0v) is 4.55. The summed E-state index contributed by atoms with van der Waals surface area (Å²) < 4.78 is 4.70. The molecule has 2 N–H and O–H groups in total. The lowest BCUT2D eigenvalue weighted by atomic mass is 10.4. The molecule has 0 aromatic rings. The Morgan fingerprint density at radius 1 is 2.00 bits per heavy atom. The highest BCUT2D eigenvalue weighted by molar-refractivity contribution is 4.68. The smallest absolute Gasteiger partial charge is 0.108 e. The summed E-state index contributed by atoms with van der Waals surface area (Å²) in [5.74, 6) is 0. The van der Waals surface area contributed by atoms with Crippen molar-refractivity contribution < 1.29 is 4.74 Å². The summed E-state index contributed by atoms with van der Waals surface area (Å²) in [7, 11) is 1.58. The van der Waals surface area contributed by atoms with Gasteiger partial charge in [-0.15, -0.1) is 6.58 Å². The fourth-order valence-corrected chi connectivity index (χ4v) is 0.260. The molecule has 0 fully saturated rings. The minimum atomic E-state index is -0.169. The topological polar surface area (TPSA) is 35.2 Å². The Kier molecular flexibility index (Phi) is 3.65. The molecule has 0 aliphatic carbocycles. The van der Waals surface area contributed by atoms with Gasteiger partial charge in [0.1, 0.15) is 6.23 Å². The van der Waals surface area contributed by atoms with Gasteiger partial charge in [-0.05, 0) is 0 Å². The van der Waals surface area contributed by atoms with E-state index in [9.17, 15) is 0 Å². The minimum Gasteiger partial charge on any atom is -0.367 e. The molecular weight excluding hydrogens is 90.1 g/mol. The molecule has 0 aromatic carbocycles. The lowest BCUT2D eigenvalue weighted by molar-refractivity contribution is 0.111. The predicted molar refractivity (Wildman–Crippen MR) is 29.8 cm³/mol. The maximum absolute atomic E-state index is 5.29. The second-order valence-electron chi connectivity index (χ2n) is 1.30. The SMILES string of the molecule is C=CCC(N)OC. The normalized spacial score (nSPS) is 13.4. The summed E-state index contributed by atoms with van der Waals surface area (Å²) >= 11 is 0. The van der Waals surface area contributed by atoms with Crippen LogP contribution in [0, 0.1) is 0 Å². The second kappa shape index (κ2) is 3.84. The van der Waals surface area contributed by atoms with E-state index in [1.807, 2.05) is 0 Å². The molecule has 0 saturated carbocycles. The molecule has 0 aliphatic heterocycles. The van der Waals surface area contributed by atoms with E-state index >= 15 is 0 Å². The number of hydrogen-bond donors (Lipinski definition) is 1. The number of nitrogens with two attached hydrogens (primary N) is 1. The summed E-state index contributed by atoms with van der Waals surface area (Å²) in [6.45, 7) is 3.49. The molecule has 7 heavy (non-hydrogen) atoms. The van der Waals surface area contributed by atoms with Crippen LogP contribution >= 0.6 is 0 Å². The maximum Gasteiger partial charge on any atom is 0.108 e. The molecule has 2 heteroatoms. The third-order valence-corrected chi connectivity index (χ3v) is 0.702. The Morgan fingerprint density at radius 2 is 2.57 bits per heavy atom. The van der Waals surface area contributed by atoms with Crippen LogP contribution in [0.2, 0.25) is 0 Å². The van der Waals surface area contributed by atoms with Crippen LogP contribution in [0.15, 0.2) is 12.7 Å². The molecular formula is C5H11NO. The van der Waals surface area contributed by atoms with Crippen LogP contribution in [-0.2, 0) is 4.74 Å². The van der Waals surface area contributed by atoms with Crippen LogP contribution in [0.1, 0.15) is 6.42 Å². The molecule has 0 aromatic heterocycles. The molecule has 0 radical (unpaired) electrons. The molecule has 2 nitrogen and oxygen atoms in total. The van der Waals surface area contributed by atoms with Gasteiger partial charge >= 0.3 is 0 Å². The highest BCUT2D eigenvalue weighted by Crippen LogP contribution is 1.85. The molecule has 0 amide bonds. The lowest BCUT2D eigenvalue weighted by Gasteiger charge is -2.02. The van der Waals surface area contributed by atoms with E-state index in [4.69, 9.17) is 10.5 Å². The van der Waals surface area contributed by atoms with Crippen molar-refractivity contribution in [2.75, 3.05) is 7.11 Å². The summed E-state index contributed by atoms with van der Waals surface area (Å²) in [5, 5.41) is 0. The first-order valence-electron chi connectivity index (χ1n) is 2.20. The van der Waals surface area contributed by atoms with Crippen molar-refractivity contribution in [1.29, 1.82) is 0 Å². The number of rotatable bonds is 3. The van der Waals surface area contributed by atoms with Gasteiger partial charge in [0.2, 0.25) is 0 Å². The van der Waals surface area contributed by atoms with Gasteiger partial charge in [0.15, 0.2) is 0 Å². The van der Waals surface area contributed by atoms with Gasteiger partial charge in [-0.1, -0.05) is 6.08 Å². The van der Waals surface area contributed by atoms with Gasteiger partial charge in [0.05, 0.1) is 0 Å². The van der Waals surface area contributed by atoms with E-state index in [1.54, 1.807) is 13.2 Å². The average Bonchev–Trinajstić information content (AvgIpc) is 1.68. The van der Waals surface area contributed by atoms with E-state index in [-0.39, 0.29) is 6.23 Å². The monoisotopic (exact) mass is 101 g/mol. The molecule has 0 rings (SSSR count). The van der Waals surface area contributed by atoms with Crippen molar-refractivity contribution in [1.82, 2.24) is 0 Å². The maximum atomic E-state index is 5.29. The highest BCUT2D eigenvalue weighted by atomic mass is 16.5. The third kappa shape index (κ3) is 3.49. The summed E-state index contributed by atoms with van der Waals surface area (Å²) in [6.07, 6.45) is 2.28. The van der Waals surface area contributed by atoms with E-state index in [2.05, 4.69) is 6.58 Å². The first-order valence-corrected chi connectivity index (χ1v) is 2.20. The zero-order valence-electron chi connectivity index (χ0n) is 4.55. The average molecular weight is 101 g/mol. The molecule has 0 aliphatic rings. The standard InChI is InChI=1S/C5H11NO/c1-3-4-5(6)7-2/h3,5H,1,4,6H2,2H3. The summed E-state index contributed by atoms with van der Waals surface area (Å²) in [5.41, 5.74) is 5.29. The minimum absolute atomic E-state index is 0.169. The molecule has 1 atom stereocenters. The Balaban J connectivity index is 2.98. The first kappa shape index (κ1) is 6.66. The van der Waals surface area contributed by atoms with Crippen molar-refractivity contribution in [2.24, 2.45) is 5.73 Å². The molecule has 0 saturated heterocycles. The third-order valence-electron chi connectivity index (χ3n) is 0.702. The highest BCUT2D eigenvalue weighted by Gasteiger charge is 1.90. The van der Waals surface area contributed by atoms with Crippen molar-refractivity contribution in [3.05, 3.63) is 12.7 Å². The van der Waals surface area contributed by atoms with E-state index < -0.39 is 0 Å². The lowest BCUT2D eigenvalue weighted by Crippen LogP contribution is -2.20. The molecule has 1 unspecified atom stereocenters. The van der Waals surface area contributed by atoms with Crippen LogP contribution in [0.25, 0.3) is 0 Å². The van der Waals surface area contributed by atoms with Crippen molar-refractivity contribution in [2.45, 2.75) is 12.6 Å². The molecule has 42 valence electrons. The number of ether oxygens (including phenoxy) is 1. The second-order valence-corrected chi connectivity index (χ2v) is 1.30. The molecule has 0 heterocycles. The van der Waals surface area contributed by atoms with Gasteiger partial charge in [0, 0.05) is 13.5 Å². The van der Waals surface area contributed by atoms with Gasteiger partial charge in [-0.25, -0.2) is 0 Å². The van der Waals surface area contributed by atoms with Gasteiger partial charge < -0.3 is 10.5 Å². The van der Waals surface area contributed by atoms with Gasteiger partial charge in [0.25, 0.3) is 0 Å². The molecule has 0 bridgehead atoms. The quantitative estimate of drug-likeness (QED) is 0.415. The Labute approximate surface area is 44.0 Å². The Bertz CT molecular complexity index is 54.0. The molecule has 0 spiro atoms. The van der Waals surface area contributed by atoms with Crippen LogP contribution < -0.4 is 5.73 Å². The largest absolute Gasteiger partial charge is 0.367 e. The summed E-state index contributed by atoms with van der Waals surface area (Å²) in [6, 6.07) is 0. The fraction of sp³-hybridized carbons (Fsp3) is 0.600. The predicted octanol–water partition coefficient (Wildman–Crippen LogP) is 0.494. The van der Waals surface area contributed by atoms with Crippen LogP contribution in [0.3, 0.4) is 0 Å². The Hall–Kier alpha value is -0.340. The van der Waals surface area contributed by atoms with Crippen LogP contribution in [-0.4, -0.2) is 13.3 Å². The Morgan fingerprint density at radius 3 is 2.71 bits per heavy atom. The first-order chi connectivity index (χ1) is 3.31. The van der Waals surface area contributed by atoms with Crippen molar-refractivity contribution >= 4 is 0 Å². The number of methoxy groups -OCH3 is 1.